The molecule has 0 bridgehead atoms. The van der Waals surface area contributed by atoms with Crippen molar-refractivity contribution in [1.82, 2.24) is 5.32 Å². The fourth-order valence-corrected chi connectivity index (χ4v) is 3.01. The van der Waals surface area contributed by atoms with Gasteiger partial charge in [-0.05, 0) is 25.8 Å². The van der Waals surface area contributed by atoms with Gasteiger partial charge in [0.15, 0.2) is 0 Å². The van der Waals surface area contributed by atoms with Gasteiger partial charge in [0.25, 0.3) is 0 Å². The summed E-state index contributed by atoms with van der Waals surface area (Å²) in [7, 11) is 0. The molecular formula is C16H23FN2O. The van der Waals surface area contributed by atoms with E-state index >= 15 is 0 Å². The molecule has 110 valence electrons. The molecule has 0 aliphatic heterocycles. The molecule has 1 aliphatic rings. The van der Waals surface area contributed by atoms with Gasteiger partial charge in [-0.3, -0.25) is 4.79 Å². The van der Waals surface area contributed by atoms with E-state index in [0.717, 1.165) is 32.1 Å². The Morgan fingerprint density at radius 1 is 1.35 bits per heavy atom. The summed E-state index contributed by atoms with van der Waals surface area (Å²) in [4.78, 5) is 12.5. The zero-order valence-corrected chi connectivity index (χ0v) is 12.0. The molecule has 20 heavy (non-hydrogen) atoms. The molecule has 1 fully saturated rings. The van der Waals surface area contributed by atoms with Crippen molar-refractivity contribution in [3.05, 3.63) is 35.6 Å². The molecule has 3 nitrogen and oxygen atoms in total. The predicted octanol–water partition coefficient (Wildman–Crippen LogP) is 2.91. The Morgan fingerprint density at radius 2 is 2.00 bits per heavy atom. The Hall–Kier alpha value is -1.42. The Labute approximate surface area is 119 Å². The molecule has 1 aliphatic carbocycles. The van der Waals surface area contributed by atoms with E-state index in [4.69, 9.17) is 5.73 Å². The molecule has 0 heterocycles. The summed E-state index contributed by atoms with van der Waals surface area (Å²) in [6.07, 6.45) is 4.91. The van der Waals surface area contributed by atoms with Gasteiger partial charge in [0.05, 0.1) is 11.5 Å². The summed E-state index contributed by atoms with van der Waals surface area (Å²) >= 11 is 0. The largest absolute Gasteiger partial charge is 0.349 e. The zero-order valence-electron chi connectivity index (χ0n) is 12.0. The average molecular weight is 278 g/mol. The highest BCUT2D eigenvalue weighted by Gasteiger charge is 2.38. The van der Waals surface area contributed by atoms with E-state index in [2.05, 4.69) is 5.32 Å². The fourth-order valence-electron chi connectivity index (χ4n) is 3.01. The van der Waals surface area contributed by atoms with E-state index in [1.54, 1.807) is 18.2 Å². The van der Waals surface area contributed by atoms with Gasteiger partial charge in [-0.15, -0.1) is 0 Å². The number of amides is 1. The van der Waals surface area contributed by atoms with Crippen LogP contribution in [-0.4, -0.2) is 12.5 Å². The first-order valence-corrected chi connectivity index (χ1v) is 7.34. The SMILES string of the molecule is CC(NC(=O)C1(CN)CCCCC1)c1ccccc1F. The van der Waals surface area contributed by atoms with Gasteiger partial charge >= 0.3 is 0 Å². The van der Waals surface area contributed by atoms with Gasteiger partial charge in [-0.25, -0.2) is 4.39 Å². The van der Waals surface area contributed by atoms with Gasteiger partial charge in [0.1, 0.15) is 5.82 Å². The number of halogens is 1. The van der Waals surface area contributed by atoms with Gasteiger partial charge in [0.2, 0.25) is 5.91 Å². The molecule has 1 amide bonds. The van der Waals surface area contributed by atoms with Crippen LogP contribution in [0.15, 0.2) is 24.3 Å². The normalized spacial score (nSPS) is 19.4. The molecule has 1 aromatic carbocycles. The monoisotopic (exact) mass is 278 g/mol. The summed E-state index contributed by atoms with van der Waals surface area (Å²) in [6, 6.07) is 6.21. The zero-order chi connectivity index (χ0) is 14.6. The minimum Gasteiger partial charge on any atom is -0.349 e. The third-order valence-electron chi connectivity index (χ3n) is 4.40. The Bertz CT molecular complexity index is 469. The van der Waals surface area contributed by atoms with Crippen molar-refractivity contribution in [3.63, 3.8) is 0 Å². The molecule has 1 saturated carbocycles. The standard InChI is InChI=1S/C16H23FN2O/c1-12(13-7-3-4-8-14(13)17)19-15(20)16(11-18)9-5-2-6-10-16/h3-4,7-8,12H,2,5-6,9-11,18H2,1H3,(H,19,20). The van der Waals surface area contributed by atoms with E-state index in [0.29, 0.717) is 12.1 Å². The maximum Gasteiger partial charge on any atom is 0.227 e. The summed E-state index contributed by atoms with van der Waals surface area (Å²) in [5.41, 5.74) is 5.91. The lowest BCUT2D eigenvalue weighted by molar-refractivity contribution is -0.133. The molecule has 4 heteroatoms. The Kier molecular flexibility index (Phi) is 4.76. The number of benzene rings is 1. The molecule has 0 spiro atoms. The van der Waals surface area contributed by atoms with E-state index in [-0.39, 0.29) is 17.8 Å². The van der Waals surface area contributed by atoms with Crippen molar-refractivity contribution in [2.45, 2.75) is 45.1 Å². The fraction of sp³-hybridized carbons (Fsp3) is 0.562. The Morgan fingerprint density at radius 3 is 2.60 bits per heavy atom. The number of carbonyl (C=O) groups is 1. The lowest BCUT2D eigenvalue weighted by Crippen LogP contribution is -2.47. The van der Waals surface area contributed by atoms with Crippen molar-refractivity contribution in [2.24, 2.45) is 11.1 Å². The number of nitrogens with two attached hydrogens (primary N) is 1. The summed E-state index contributed by atoms with van der Waals surface area (Å²) < 4.78 is 13.7. The van der Waals surface area contributed by atoms with E-state index in [1.807, 2.05) is 6.92 Å². The van der Waals surface area contributed by atoms with Crippen LogP contribution in [0.25, 0.3) is 0 Å². The molecule has 0 radical (unpaired) electrons. The Balaban J connectivity index is 2.08. The van der Waals surface area contributed by atoms with Gasteiger partial charge < -0.3 is 11.1 Å². The minimum atomic E-state index is -0.461. The molecule has 2 rings (SSSR count). The van der Waals surface area contributed by atoms with Crippen LogP contribution in [0, 0.1) is 11.2 Å². The highest BCUT2D eigenvalue weighted by molar-refractivity contribution is 5.83. The highest BCUT2D eigenvalue weighted by Crippen LogP contribution is 2.36. The van der Waals surface area contributed by atoms with Crippen LogP contribution in [0.1, 0.15) is 50.6 Å². The van der Waals surface area contributed by atoms with Crippen LogP contribution >= 0.6 is 0 Å². The lowest BCUT2D eigenvalue weighted by Gasteiger charge is -2.35. The molecule has 0 saturated heterocycles. The first kappa shape index (κ1) is 15.0. The van der Waals surface area contributed by atoms with Crippen molar-refractivity contribution in [2.75, 3.05) is 6.54 Å². The summed E-state index contributed by atoms with van der Waals surface area (Å²) in [5.74, 6) is -0.318. The second kappa shape index (κ2) is 6.35. The molecule has 1 atom stereocenters. The smallest absolute Gasteiger partial charge is 0.227 e. The van der Waals surface area contributed by atoms with Gasteiger partial charge in [-0.1, -0.05) is 37.5 Å². The molecule has 3 N–H and O–H groups in total. The lowest BCUT2D eigenvalue weighted by atomic mass is 9.73. The van der Waals surface area contributed by atoms with Crippen LogP contribution in [0.5, 0.6) is 0 Å². The van der Waals surface area contributed by atoms with Crippen molar-refractivity contribution in [1.29, 1.82) is 0 Å². The summed E-state index contributed by atoms with van der Waals surface area (Å²) in [6.45, 7) is 2.17. The first-order chi connectivity index (χ1) is 9.59. The number of rotatable bonds is 4. The van der Waals surface area contributed by atoms with Crippen LogP contribution in [-0.2, 0) is 4.79 Å². The molecule has 0 aromatic heterocycles. The van der Waals surface area contributed by atoms with Crippen LogP contribution < -0.4 is 11.1 Å². The second-order valence-corrected chi connectivity index (χ2v) is 5.76. The topological polar surface area (TPSA) is 55.1 Å². The quantitative estimate of drug-likeness (QED) is 0.889. The van der Waals surface area contributed by atoms with Gasteiger partial charge in [-0.2, -0.15) is 0 Å². The molecule has 1 unspecified atom stereocenters. The predicted molar refractivity (Wildman–Crippen MR) is 77.5 cm³/mol. The average Bonchev–Trinajstić information content (AvgIpc) is 2.48. The van der Waals surface area contributed by atoms with E-state index in [1.165, 1.54) is 6.07 Å². The second-order valence-electron chi connectivity index (χ2n) is 5.76. The van der Waals surface area contributed by atoms with E-state index in [9.17, 15) is 9.18 Å². The number of hydrogen-bond acceptors (Lipinski definition) is 2. The minimum absolute atomic E-state index is 0.0320. The maximum absolute atomic E-state index is 13.7. The third-order valence-corrected chi connectivity index (χ3v) is 4.40. The maximum atomic E-state index is 13.7. The first-order valence-electron chi connectivity index (χ1n) is 7.34. The van der Waals surface area contributed by atoms with Crippen molar-refractivity contribution >= 4 is 5.91 Å². The van der Waals surface area contributed by atoms with E-state index < -0.39 is 5.41 Å². The molecular weight excluding hydrogens is 255 g/mol. The number of hydrogen-bond donors (Lipinski definition) is 2. The van der Waals surface area contributed by atoms with Crippen LogP contribution in [0.3, 0.4) is 0 Å². The van der Waals surface area contributed by atoms with Crippen LogP contribution in [0.4, 0.5) is 4.39 Å². The summed E-state index contributed by atoms with van der Waals surface area (Å²) in [5, 5.41) is 2.94. The van der Waals surface area contributed by atoms with Crippen molar-refractivity contribution in [3.8, 4) is 0 Å². The number of carbonyl (C=O) groups excluding carboxylic acids is 1. The highest BCUT2D eigenvalue weighted by atomic mass is 19.1. The van der Waals surface area contributed by atoms with Gasteiger partial charge in [0, 0.05) is 12.1 Å². The van der Waals surface area contributed by atoms with Crippen molar-refractivity contribution < 1.29 is 9.18 Å². The number of nitrogens with one attached hydrogen (secondary N) is 1. The van der Waals surface area contributed by atoms with Crippen LogP contribution in [0.2, 0.25) is 0 Å². The molecule has 1 aromatic rings. The third kappa shape index (κ3) is 3.01.